The Bertz CT molecular complexity index is 4000. The van der Waals surface area contributed by atoms with Crippen LogP contribution in [0.15, 0.2) is 220 Å². The molecular formula is C62H53BrClN5O7. The molecule has 382 valence electrons. The number of ether oxygens (including phenoxy) is 2. The Hall–Kier alpha value is -9.04. The van der Waals surface area contributed by atoms with Crippen molar-refractivity contribution in [1.82, 2.24) is 13.7 Å². The van der Waals surface area contributed by atoms with Crippen molar-refractivity contribution in [2.75, 3.05) is 11.1 Å². The third kappa shape index (κ3) is 13.2. The number of halogens is 2. The first kappa shape index (κ1) is 54.7. The van der Waals surface area contributed by atoms with Crippen LogP contribution in [0, 0.1) is 13.8 Å². The van der Waals surface area contributed by atoms with E-state index in [9.17, 15) is 24.0 Å². The molecule has 3 N–H and O–H groups in total. The van der Waals surface area contributed by atoms with Gasteiger partial charge in [-0.25, -0.2) is 0 Å². The van der Waals surface area contributed by atoms with E-state index in [2.05, 4.69) is 34.4 Å². The molecule has 0 aliphatic carbocycles. The number of rotatable bonds is 9. The second-order valence-electron chi connectivity index (χ2n) is 17.4. The van der Waals surface area contributed by atoms with E-state index in [0.29, 0.717) is 39.4 Å². The number of carbonyl (C=O) groups is 2. The highest BCUT2D eigenvalue weighted by Crippen LogP contribution is 2.40. The van der Waals surface area contributed by atoms with Crippen molar-refractivity contribution in [2.24, 2.45) is 21.1 Å². The number of hydrogen-bond acceptors (Lipinski definition) is 8. The first-order valence-corrected chi connectivity index (χ1v) is 24.8. The fraction of sp³-hybridized carbons (Fsp3) is 0.0806. The molecule has 1 amide bonds. The van der Waals surface area contributed by atoms with Crippen molar-refractivity contribution in [1.29, 1.82) is 0 Å². The minimum absolute atomic E-state index is 0.0285. The zero-order chi connectivity index (χ0) is 54.6. The van der Waals surface area contributed by atoms with Crippen molar-refractivity contribution < 1.29 is 19.1 Å². The molecule has 0 bridgehead atoms. The molecule has 0 radical (unpaired) electrons. The average molecular weight is 1100 g/mol. The molecule has 10 aromatic rings. The second-order valence-corrected chi connectivity index (χ2v) is 18.7. The number of anilines is 2. The summed E-state index contributed by atoms with van der Waals surface area (Å²) in [4.78, 5) is 58.1. The lowest BCUT2D eigenvalue weighted by atomic mass is 9.99. The van der Waals surface area contributed by atoms with Crippen LogP contribution in [0.3, 0.4) is 0 Å². The molecule has 0 atom stereocenters. The van der Waals surface area contributed by atoms with Gasteiger partial charge in [0.1, 0.15) is 23.0 Å². The Morgan fingerprint density at radius 2 is 0.908 bits per heavy atom. The van der Waals surface area contributed by atoms with Gasteiger partial charge in [-0.05, 0) is 143 Å². The van der Waals surface area contributed by atoms with Crippen LogP contribution in [0.2, 0.25) is 0 Å². The number of nitrogen functional groups attached to an aromatic ring is 1. The summed E-state index contributed by atoms with van der Waals surface area (Å²) in [6.45, 7) is 10.6. The van der Waals surface area contributed by atoms with E-state index >= 15 is 0 Å². The maximum absolute atomic E-state index is 12.6. The van der Waals surface area contributed by atoms with Crippen LogP contribution >= 0.6 is 27.5 Å². The topological polar surface area (TPSA) is 157 Å². The average Bonchev–Trinajstić information content (AvgIpc) is 3.42. The summed E-state index contributed by atoms with van der Waals surface area (Å²) >= 11 is 8.13. The molecule has 0 fully saturated rings. The number of nitrogens with one attached hydrogen (secondary N) is 1. The lowest BCUT2D eigenvalue weighted by molar-refractivity contribution is -0.112. The maximum atomic E-state index is 12.6. The monoisotopic (exact) mass is 1090 g/mol. The summed E-state index contributed by atoms with van der Waals surface area (Å²) in [5, 5.41) is 6.97. The molecule has 0 aliphatic rings. The van der Waals surface area contributed by atoms with Crippen molar-refractivity contribution in [2.45, 2.75) is 13.8 Å². The van der Waals surface area contributed by atoms with E-state index in [4.69, 9.17) is 26.8 Å². The standard InChI is InChI=1S/C26H22N2O3.C23H20N2O2.C10H8BrNO.C3H3ClO/c1-4-25(29)27-18-11-14-24(31-19-12-9-17(2)10-13-19)22(15-18)23-16-28(3)26(30)21-8-6-5-7-20(21)23;1-15-7-10-17(11-8-15)27-22-12-9-16(24)13-20(22)21-14-25(2)23(26)19-6-4-3-5-18(19)21;1-12-6-9(11)7-4-2-3-5-8(7)10(12)13;1-2-3(4)5/h4-16H,1H2,2-3H3,(H,27,29);3-14H,24H2,1-2H3;2-6H,1H3;2H,1H2. The molecule has 10 rings (SSSR count). The van der Waals surface area contributed by atoms with E-state index < -0.39 is 5.24 Å². The molecule has 12 nitrogen and oxygen atoms in total. The Morgan fingerprint density at radius 3 is 1.34 bits per heavy atom. The number of hydrogen-bond donors (Lipinski definition) is 2. The van der Waals surface area contributed by atoms with E-state index in [1.165, 1.54) is 11.6 Å². The Balaban J connectivity index is 0.000000169. The Labute approximate surface area is 452 Å². The lowest BCUT2D eigenvalue weighted by Crippen LogP contribution is -2.16. The number of carbonyl (C=O) groups excluding carboxylic acids is 2. The van der Waals surface area contributed by atoms with E-state index in [0.717, 1.165) is 65.7 Å². The van der Waals surface area contributed by atoms with Crippen molar-refractivity contribution >= 4 is 82.4 Å². The molecule has 0 spiro atoms. The zero-order valence-electron chi connectivity index (χ0n) is 42.3. The summed E-state index contributed by atoms with van der Waals surface area (Å²) in [6.07, 6.45) is 7.67. The van der Waals surface area contributed by atoms with Crippen molar-refractivity contribution in [3.05, 3.63) is 248 Å². The van der Waals surface area contributed by atoms with Crippen LogP contribution in [-0.2, 0) is 30.7 Å². The second kappa shape index (κ2) is 24.8. The fourth-order valence-corrected chi connectivity index (χ4v) is 8.69. The minimum Gasteiger partial charge on any atom is -0.457 e. The summed E-state index contributed by atoms with van der Waals surface area (Å²) in [5.41, 5.74) is 12.9. The largest absolute Gasteiger partial charge is 0.457 e. The number of aryl methyl sites for hydroxylation is 5. The minimum atomic E-state index is -0.509. The third-order valence-corrected chi connectivity index (χ3v) is 12.7. The summed E-state index contributed by atoms with van der Waals surface area (Å²) in [6, 6.07) is 49.3. The third-order valence-electron chi connectivity index (χ3n) is 11.9. The number of nitrogens with two attached hydrogens (primary N) is 1. The van der Waals surface area contributed by atoms with E-state index in [1.54, 1.807) is 53.3 Å². The molecule has 3 aromatic heterocycles. The van der Waals surface area contributed by atoms with Crippen LogP contribution in [0.5, 0.6) is 23.0 Å². The van der Waals surface area contributed by atoms with E-state index in [-0.39, 0.29) is 22.6 Å². The van der Waals surface area contributed by atoms with Gasteiger partial charge < -0.3 is 34.2 Å². The zero-order valence-corrected chi connectivity index (χ0v) is 44.7. The number of allylic oxidation sites excluding steroid dienone is 1. The molecule has 0 unspecified atom stereocenters. The molecule has 14 heteroatoms. The van der Waals surface area contributed by atoms with Gasteiger partial charge >= 0.3 is 0 Å². The first-order chi connectivity index (χ1) is 36.5. The number of fused-ring (bicyclic) bond motifs is 3. The SMILES string of the molecule is C=CC(=O)Cl.C=CC(=O)Nc1ccc(Oc2ccc(C)cc2)c(-c2cn(C)c(=O)c3ccccc23)c1.Cc1ccc(Oc2ccc(N)cc2-c2cn(C)c(=O)c3ccccc23)cc1.Cn1cc(Br)c2ccccc2c1=O. The highest BCUT2D eigenvalue weighted by atomic mass is 79.9. The fourth-order valence-electron chi connectivity index (χ4n) is 8.04. The van der Waals surface area contributed by atoms with Gasteiger partial charge in [0.15, 0.2) is 0 Å². The number of benzene rings is 7. The normalized spacial score (nSPS) is 10.5. The molecule has 3 heterocycles. The molecule has 76 heavy (non-hydrogen) atoms. The summed E-state index contributed by atoms with van der Waals surface area (Å²) in [7, 11) is 5.23. The van der Waals surface area contributed by atoms with Crippen molar-refractivity contribution in [3.63, 3.8) is 0 Å². The Kier molecular flexibility index (Phi) is 17.9. The molecule has 0 aliphatic heterocycles. The van der Waals surface area contributed by atoms with Gasteiger partial charge in [0.25, 0.3) is 16.7 Å². The van der Waals surface area contributed by atoms with Crippen LogP contribution < -0.4 is 37.2 Å². The van der Waals surface area contributed by atoms with Gasteiger partial charge in [-0.15, -0.1) is 0 Å². The first-order valence-electron chi connectivity index (χ1n) is 23.7. The molecule has 0 saturated carbocycles. The number of nitrogens with zero attached hydrogens (tertiary/aromatic N) is 3. The predicted molar refractivity (Wildman–Crippen MR) is 313 cm³/mol. The van der Waals surface area contributed by atoms with Gasteiger partial charge in [-0.3, -0.25) is 24.0 Å². The smallest absolute Gasteiger partial charge is 0.258 e. The van der Waals surface area contributed by atoms with E-state index in [1.807, 2.05) is 172 Å². The van der Waals surface area contributed by atoms with Gasteiger partial charge in [-0.1, -0.05) is 103 Å². The predicted octanol–water partition coefficient (Wildman–Crippen LogP) is 13.6. The number of amides is 1. The quantitative estimate of drug-likeness (QED) is 0.0822. The van der Waals surface area contributed by atoms with Crippen LogP contribution in [-0.4, -0.2) is 24.9 Å². The van der Waals surface area contributed by atoms with Gasteiger partial charge in [0.05, 0.1) is 0 Å². The van der Waals surface area contributed by atoms with Crippen LogP contribution in [0.1, 0.15) is 11.1 Å². The molecule has 7 aromatic carbocycles. The summed E-state index contributed by atoms with van der Waals surface area (Å²) < 4.78 is 18.0. The summed E-state index contributed by atoms with van der Waals surface area (Å²) in [5.74, 6) is 2.45. The van der Waals surface area contributed by atoms with Gasteiger partial charge in [0, 0.05) is 99.4 Å². The van der Waals surface area contributed by atoms with Crippen molar-refractivity contribution in [3.8, 4) is 45.3 Å². The number of aromatic nitrogens is 3. The van der Waals surface area contributed by atoms with Gasteiger partial charge in [-0.2, -0.15) is 0 Å². The Morgan fingerprint density at radius 1 is 0.526 bits per heavy atom. The maximum Gasteiger partial charge on any atom is 0.258 e. The van der Waals surface area contributed by atoms with Crippen LogP contribution in [0.4, 0.5) is 11.4 Å². The van der Waals surface area contributed by atoms with Gasteiger partial charge in [0.2, 0.25) is 11.1 Å². The molecular weight excluding hydrogens is 1040 g/mol. The lowest BCUT2D eigenvalue weighted by Gasteiger charge is -2.16. The van der Waals surface area contributed by atoms with Crippen LogP contribution in [0.25, 0.3) is 54.6 Å². The highest BCUT2D eigenvalue weighted by Gasteiger charge is 2.17. The molecule has 0 saturated heterocycles. The highest BCUT2D eigenvalue weighted by molar-refractivity contribution is 9.10. The number of pyridine rings is 3.